The Balaban J connectivity index is 2.31. The van der Waals surface area contributed by atoms with Crippen LogP contribution in [0.1, 0.15) is 19.7 Å². The van der Waals surface area contributed by atoms with Gasteiger partial charge in [-0.15, -0.1) is 0 Å². The van der Waals surface area contributed by atoms with Crippen LogP contribution in [0.5, 0.6) is 0 Å². The molecule has 1 saturated heterocycles. The van der Waals surface area contributed by atoms with Crippen molar-refractivity contribution >= 4 is 23.4 Å². The highest BCUT2D eigenvalue weighted by Gasteiger charge is 2.36. The van der Waals surface area contributed by atoms with Gasteiger partial charge in [-0.1, -0.05) is 13.8 Å². The first-order valence-electron chi connectivity index (χ1n) is 5.88. The first-order chi connectivity index (χ1) is 8.75. The van der Waals surface area contributed by atoms with E-state index < -0.39 is 12.0 Å². The number of anilines is 2. The molecule has 0 bridgehead atoms. The number of hydrogen-bond acceptors (Lipinski definition) is 5. The second-order valence-electron chi connectivity index (χ2n) is 4.63. The number of rotatable bonds is 1. The Labute approximate surface area is 113 Å². The molecule has 2 heterocycles. The summed E-state index contributed by atoms with van der Waals surface area (Å²) in [6.07, 6.45) is -4.58. The summed E-state index contributed by atoms with van der Waals surface area (Å²) in [6.45, 7) is 5.40. The molecule has 0 aromatic carbocycles. The van der Waals surface area contributed by atoms with Crippen LogP contribution < -0.4 is 10.6 Å². The third kappa shape index (κ3) is 3.43. The quantitative estimate of drug-likeness (QED) is 0.861. The average Bonchev–Trinajstić information content (AvgIpc) is 2.25. The summed E-state index contributed by atoms with van der Waals surface area (Å²) in [5.41, 5.74) is 5.45. The first-order valence-corrected chi connectivity index (χ1v) is 6.82. The van der Waals surface area contributed by atoms with Crippen molar-refractivity contribution in [3.8, 4) is 0 Å². The number of thioether (sulfide) groups is 1. The van der Waals surface area contributed by atoms with Gasteiger partial charge in [-0.25, -0.2) is 9.97 Å². The van der Waals surface area contributed by atoms with Crippen LogP contribution in [0.2, 0.25) is 0 Å². The van der Waals surface area contributed by atoms with E-state index in [-0.39, 0.29) is 11.6 Å². The van der Waals surface area contributed by atoms with Gasteiger partial charge in [0.25, 0.3) is 0 Å². The third-order valence-corrected chi connectivity index (χ3v) is 3.96. The van der Waals surface area contributed by atoms with Gasteiger partial charge in [0.05, 0.1) is 0 Å². The summed E-state index contributed by atoms with van der Waals surface area (Å²) in [4.78, 5) is 8.68. The summed E-state index contributed by atoms with van der Waals surface area (Å²) in [5, 5.41) is 0.684. The molecule has 2 N–H and O–H groups in total. The molecule has 1 aliphatic rings. The van der Waals surface area contributed by atoms with Crippen molar-refractivity contribution < 1.29 is 13.2 Å². The van der Waals surface area contributed by atoms with Crippen LogP contribution in [-0.4, -0.2) is 33.6 Å². The molecule has 0 amide bonds. The molecule has 106 valence electrons. The maximum Gasteiger partial charge on any atom is 0.451 e. The molecule has 0 radical (unpaired) electrons. The fourth-order valence-corrected chi connectivity index (χ4v) is 3.43. The molecular formula is C11H15F3N4S. The van der Waals surface area contributed by atoms with Crippen LogP contribution in [0.4, 0.5) is 24.8 Å². The molecule has 1 aliphatic heterocycles. The number of hydrogen-bond donors (Lipinski definition) is 1. The van der Waals surface area contributed by atoms with Crippen LogP contribution in [0.3, 0.4) is 0 Å². The highest BCUT2D eigenvalue weighted by Crippen LogP contribution is 2.31. The largest absolute Gasteiger partial charge is 0.451 e. The Kier molecular flexibility index (Phi) is 3.80. The van der Waals surface area contributed by atoms with Crippen LogP contribution in [0, 0.1) is 0 Å². The summed E-state index contributed by atoms with van der Waals surface area (Å²) < 4.78 is 38.0. The van der Waals surface area contributed by atoms with Crippen molar-refractivity contribution in [3.05, 3.63) is 11.9 Å². The Bertz CT molecular complexity index is 456. The normalized spacial score (nSPS) is 24.6. The summed E-state index contributed by atoms with van der Waals surface area (Å²) in [5.74, 6) is -1.09. The minimum Gasteiger partial charge on any atom is -0.384 e. The number of alkyl halides is 3. The fraction of sp³-hybridized carbons (Fsp3) is 0.636. The smallest absolute Gasteiger partial charge is 0.384 e. The minimum atomic E-state index is -4.58. The molecule has 2 rings (SSSR count). The molecule has 4 nitrogen and oxygen atoms in total. The number of nitrogen functional groups attached to an aromatic ring is 1. The molecular weight excluding hydrogens is 277 g/mol. The number of halogens is 3. The van der Waals surface area contributed by atoms with Gasteiger partial charge in [-0.3, -0.25) is 0 Å². The predicted molar refractivity (Wildman–Crippen MR) is 70.2 cm³/mol. The van der Waals surface area contributed by atoms with Gasteiger partial charge in [-0.05, 0) is 0 Å². The standard InChI is InChI=1S/C11H15F3N4S/c1-6-4-18(5-7(2)19-6)9-3-8(15)16-10(17-9)11(12,13)14/h3,6-7H,4-5H2,1-2H3,(H2,15,16,17). The zero-order chi connectivity index (χ0) is 14.2. The second-order valence-corrected chi connectivity index (χ2v) is 6.52. The van der Waals surface area contributed by atoms with E-state index in [2.05, 4.69) is 9.97 Å². The lowest BCUT2D eigenvalue weighted by molar-refractivity contribution is -0.144. The predicted octanol–water partition coefficient (Wildman–Crippen LogP) is 2.41. The SMILES string of the molecule is CC1CN(c2cc(N)nc(C(F)(F)F)n2)CC(C)S1. The Morgan fingerprint density at radius 3 is 2.37 bits per heavy atom. The van der Waals surface area contributed by atoms with Crippen molar-refractivity contribution in [2.45, 2.75) is 30.5 Å². The Hall–Kier alpha value is -1.18. The van der Waals surface area contributed by atoms with E-state index in [1.165, 1.54) is 6.07 Å². The van der Waals surface area contributed by atoms with E-state index in [1.54, 1.807) is 0 Å². The number of nitrogens with zero attached hydrogens (tertiary/aromatic N) is 3. The van der Waals surface area contributed by atoms with E-state index in [4.69, 9.17) is 5.73 Å². The van der Waals surface area contributed by atoms with E-state index >= 15 is 0 Å². The van der Waals surface area contributed by atoms with Gasteiger partial charge in [-0.2, -0.15) is 24.9 Å². The molecule has 19 heavy (non-hydrogen) atoms. The van der Waals surface area contributed by atoms with Crippen molar-refractivity contribution in [1.82, 2.24) is 9.97 Å². The monoisotopic (exact) mass is 292 g/mol. The van der Waals surface area contributed by atoms with Crippen molar-refractivity contribution in [3.63, 3.8) is 0 Å². The van der Waals surface area contributed by atoms with Crippen molar-refractivity contribution in [2.75, 3.05) is 23.7 Å². The fourth-order valence-electron chi connectivity index (χ4n) is 2.11. The zero-order valence-electron chi connectivity index (χ0n) is 10.6. The van der Waals surface area contributed by atoms with Crippen molar-refractivity contribution in [2.24, 2.45) is 0 Å². The van der Waals surface area contributed by atoms with Gasteiger partial charge >= 0.3 is 6.18 Å². The lowest BCUT2D eigenvalue weighted by Crippen LogP contribution is -2.41. The van der Waals surface area contributed by atoms with E-state index in [0.717, 1.165) is 0 Å². The van der Waals surface area contributed by atoms with Gasteiger partial charge in [0.1, 0.15) is 11.6 Å². The van der Waals surface area contributed by atoms with Gasteiger partial charge < -0.3 is 10.6 Å². The molecule has 1 aromatic heterocycles. The molecule has 2 unspecified atom stereocenters. The second kappa shape index (κ2) is 5.07. The lowest BCUT2D eigenvalue weighted by Gasteiger charge is -2.35. The van der Waals surface area contributed by atoms with E-state index in [0.29, 0.717) is 23.6 Å². The minimum absolute atomic E-state index is 0.157. The number of aromatic nitrogens is 2. The van der Waals surface area contributed by atoms with E-state index in [1.807, 2.05) is 30.5 Å². The average molecular weight is 292 g/mol. The van der Waals surface area contributed by atoms with Gasteiger partial charge in [0.15, 0.2) is 0 Å². The summed E-state index contributed by atoms with van der Waals surface area (Å²) >= 11 is 1.82. The maximum absolute atomic E-state index is 12.7. The summed E-state index contributed by atoms with van der Waals surface area (Å²) in [6, 6.07) is 1.39. The van der Waals surface area contributed by atoms with Gasteiger partial charge in [0, 0.05) is 29.7 Å². The third-order valence-electron chi connectivity index (χ3n) is 2.73. The molecule has 2 atom stereocenters. The Morgan fingerprint density at radius 1 is 1.26 bits per heavy atom. The molecule has 8 heteroatoms. The highest BCUT2D eigenvalue weighted by atomic mass is 32.2. The first kappa shape index (κ1) is 14.2. The lowest BCUT2D eigenvalue weighted by atomic mass is 10.3. The Morgan fingerprint density at radius 2 is 1.84 bits per heavy atom. The van der Waals surface area contributed by atoms with Crippen molar-refractivity contribution in [1.29, 1.82) is 0 Å². The zero-order valence-corrected chi connectivity index (χ0v) is 11.4. The number of nitrogens with two attached hydrogens (primary N) is 1. The van der Waals surface area contributed by atoms with Gasteiger partial charge in [0.2, 0.25) is 5.82 Å². The highest BCUT2D eigenvalue weighted by molar-refractivity contribution is 8.00. The molecule has 0 saturated carbocycles. The maximum atomic E-state index is 12.7. The molecule has 0 aliphatic carbocycles. The molecule has 1 fully saturated rings. The molecule has 1 aromatic rings. The van der Waals surface area contributed by atoms with Crippen LogP contribution in [0.15, 0.2) is 6.07 Å². The topological polar surface area (TPSA) is 55.0 Å². The molecule has 0 spiro atoms. The van der Waals surface area contributed by atoms with Crippen LogP contribution in [-0.2, 0) is 6.18 Å². The van der Waals surface area contributed by atoms with Crippen LogP contribution >= 0.6 is 11.8 Å². The summed E-state index contributed by atoms with van der Waals surface area (Å²) in [7, 11) is 0. The van der Waals surface area contributed by atoms with Crippen LogP contribution in [0.25, 0.3) is 0 Å². The van der Waals surface area contributed by atoms with E-state index in [9.17, 15) is 13.2 Å².